The van der Waals surface area contributed by atoms with Crippen LogP contribution in [0.15, 0.2) is 12.4 Å². The highest BCUT2D eigenvalue weighted by Crippen LogP contribution is 2.22. The number of nitrogens with zero attached hydrogens (tertiary/aromatic N) is 3. The number of likely N-dealkylation sites (tertiary alicyclic amines) is 1. The molecule has 2 heterocycles. The normalized spacial score (nSPS) is 18.3. The number of hydrogen-bond acceptors (Lipinski definition) is 4. The van der Waals surface area contributed by atoms with Crippen molar-refractivity contribution in [3.05, 3.63) is 18.1 Å². The molecule has 0 spiro atoms. The lowest BCUT2D eigenvalue weighted by molar-refractivity contribution is 0.0780. The van der Waals surface area contributed by atoms with Gasteiger partial charge in [-0.05, 0) is 25.2 Å². The Kier molecular flexibility index (Phi) is 5.32. The van der Waals surface area contributed by atoms with Crippen LogP contribution in [0.5, 0.6) is 0 Å². The maximum atomic E-state index is 12.3. The molecule has 5 heteroatoms. The van der Waals surface area contributed by atoms with E-state index < -0.39 is 0 Å². The van der Waals surface area contributed by atoms with Crippen LogP contribution in [0.25, 0.3) is 0 Å². The summed E-state index contributed by atoms with van der Waals surface area (Å²) in [7, 11) is 0. The standard InChI is InChI=1S/C15H24N4O/c1-3-5-12-6-8-19(11-12)15(20)13-9-18-14(10-17-13)16-7-4-2/h9-10,12H,3-8,11H2,1-2H3,(H,16,18). The molecule has 0 aliphatic carbocycles. The smallest absolute Gasteiger partial charge is 0.274 e. The molecule has 110 valence electrons. The van der Waals surface area contributed by atoms with Crippen LogP contribution in [0.1, 0.15) is 50.0 Å². The third-order valence-corrected chi connectivity index (χ3v) is 3.70. The van der Waals surface area contributed by atoms with Gasteiger partial charge >= 0.3 is 0 Å². The summed E-state index contributed by atoms with van der Waals surface area (Å²) in [6, 6.07) is 0. The fraction of sp³-hybridized carbons (Fsp3) is 0.667. The Hall–Kier alpha value is -1.65. The van der Waals surface area contributed by atoms with E-state index in [1.807, 2.05) is 4.90 Å². The first-order valence-electron chi connectivity index (χ1n) is 7.59. The van der Waals surface area contributed by atoms with Gasteiger partial charge in [0.05, 0.1) is 12.4 Å². The summed E-state index contributed by atoms with van der Waals surface area (Å²) in [6.45, 7) is 6.87. The number of carbonyl (C=O) groups excluding carboxylic acids is 1. The Morgan fingerprint density at radius 2 is 2.20 bits per heavy atom. The predicted molar refractivity (Wildman–Crippen MR) is 79.7 cm³/mol. The summed E-state index contributed by atoms with van der Waals surface area (Å²) >= 11 is 0. The van der Waals surface area contributed by atoms with Gasteiger partial charge in [-0.3, -0.25) is 4.79 Å². The third-order valence-electron chi connectivity index (χ3n) is 3.70. The van der Waals surface area contributed by atoms with Crippen LogP contribution >= 0.6 is 0 Å². The van der Waals surface area contributed by atoms with Crippen molar-refractivity contribution in [1.29, 1.82) is 0 Å². The number of aromatic nitrogens is 2. The minimum absolute atomic E-state index is 0.0122. The summed E-state index contributed by atoms with van der Waals surface area (Å²) in [5.74, 6) is 1.40. The van der Waals surface area contributed by atoms with Crippen LogP contribution in [0, 0.1) is 5.92 Å². The average molecular weight is 276 g/mol. The first-order valence-corrected chi connectivity index (χ1v) is 7.59. The molecule has 1 saturated heterocycles. The van der Waals surface area contributed by atoms with Gasteiger partial charge in [0.15, 0.2) is 0 Å². The summed E-state index contributed by atoms with van der Waals surface area (Å²) in [5, 5.41) is 3.16. The summed E-state index contributed by atoms with van der Waals surface area (Å²) in [6.07, 6.45) is 7.76. The van der Waals surface area contributed by atoms with Crippen LogP contribution in [-0.4, -0.2) is 40.4 Å². The first-order chi connectivity index (χ1) is 9.74. The van der Waals surface area contributed by atoms with Gasteiger partial charge in [-0.1, -0.05) is 20.3 Å². The van der Waals surface area contributed by atoms with Crippen LogP contribution in [0.2, 0.25) is 0 Å². The number of carbonyl (C=O) groups is 1. The highest BCUT2D eigenvalue weighted by atomic mass is 16.2. The molecule has 1 N–H and O–H groups in total. The molecular formula is C15H24N4O. The average Bonchev–Trinajstić information content (AvgIpc) is 2.94. The lowest BCUT2D eigenvalue weighted by Crippen LogP contribution is -2.29. The fourth-order valence-electron chi connectivity index (χ4n) is 2.61. The first kappa shape index (κ1) is 14.8. The molecule has 1 fully saturated rings. The van der Waals surface area contributed by atoms with Gasteiger partial charge in [0.25, 0.3) is 5.91 Å². The second kappa shape index (κ2) is 7.22. The van der Waals surface area contributed by atoms with Gasteiger partial charge in [0.2, 0.25) is 0 Å². The Morgan fingerprint density at radius 1 is 1.35 bits per heavy atom. The molecule has 1 atom stereocenters. The van der Waals surface area contributed by atoms with Gasteiger partial charge in [-0.2, -0.15) is 0 Å². The summed E-state index contributed by atoms with van der Waals surface area (Å²) < 4.78 is 0. The van der Waals surface area contributed by atoms with Crippen molar-refractivity contribution in [2.24, 2.45) is 5.92 Å². The molecule has 5 nitrogen and oxygen atoms in total. The molecule has 0 bridgehead atoms. The SMILES string of the molecule is CCCNc1cnc(C(=O)N2CCC(CCC)C2)cn1. The highest BCUT2D eigenvalue weighted by Gasteiger charge is 2.27. The zero-order valence-electron chi connectivity index (χ0n) is 12.4. The van der Waals surface area contributed by atoms with E-state index in [0.717, 1.165) is 38.3 Å². The van der Waals surface area contributed by atoms with Gasteiger partial charge in [-0.25, -0.2) is 9.97 Å². The Balaban J connectivity index is 1.92. The summed E-state index contributed by atoms with van der Waals surface area (Å²) in [5.41, 5.74) is 0.448. The number of rotatable bonds is 6. The van der Waals surface area contributed by atoms with Crippen molar-refractivity contribution in [3.8, 4) is 0 Å². The van der Waals surface area contributed by atoms with E-state index in [9.17, 15) is 4.79 Å². The van der Waals surface area contributed by atoms with Crippen molar-refractivity contribution in [1.82, 2.24) is 14.9 Å². The van der Waals surface area contributed by atoms with E-state index in [1.54, 1.807) is 12.4 Å². The topological polar surface area (TPSA) is 58.1 Å². The van der Waals surface area contributed by atoms with E-state index in [0.29, 0.717) is 11.6 Å². The second-order valence-electron chi connectivity index (χ2n) is 5.41. The van der Waals surface area contributed by atoms with Gasteiger partial charge in [-0.15, -0.1) is 0 Å². The highest BCUT2D eigenvalue weighted by molar-refractivity contribution is 5.92. The fourth-order valence-corrected chi connectivity index (χ4v) is 2.61. The van der Waals surface area contributed by atoms with E-state index in [-0.39, 0.29) is 5.91 Å². The number of hydrogen-bond donors (Lipinski definition) is 1. The van der Waals surface area contributed by atoms with E-state index in [2.05, 4.69) is 29.1 Å². The quantitative estimate of drug-likeness (QED) is 0.867. The van der Waals surface area contributed by atoms with Crippen LogP contribution in [-0.2, 0) is 0 Å². The molecule has 1 aliphatic rings. The molecule has 20 heavy (non-hydrogen) atoms. The zero-order chi connectivity index (χ0) is 14.4. The number of nitrogens with one attached hydrogen (secondary N) is 1. The lowest BCUT2D eigenvalue weighted by Gasteiger charge is -2.15. The third kappa shape index (κ3) is 3.68. The van der Waals surface area contributed by atoms with E-state index >= 15 is 0 Å². The number of anilines is 1. The molecule has 0 radical (unpaired) electrons. The molecule has 1 unspecified atom stereocenters. The Bertz CT molecular complexity index is 432. The molecule has 0 aromatic carbocycles. The molecular weight excluding hydrogens is 252 g/mol. The maximum Gasteiger partial charge on any atom is 0.274 e. The van der Waals surface area contributed by atoms with E-state index in [4.69, 9.17) is 0 Å². The van der Waals surface area contributed by atoms with Gasteiger partial charge in [0.1, 0.15) is 11.5 Å². The second-order valence-corrected chi connectivity index (χ2v) is 5.41. The Labute approximate surface area is 120 Å². The van der Waals surface area contributed by atoms with Crippen molar-refractivity contribution in [3.63, 3.8) is 0 Å². The molecule has 2 rings (SSSR count). The molecule has 0 saturated carbocycles. The van der Waals surface area contributed by atoms with Crippen LogP contribution < -0.4 is 5.32 Å². The maximum absolute atomic E-state index is 12.3. The number of amides is 1. The largest absolute Gasteiger partial charge is 0.369 e. The minimum atomic E-state index is 0.0122. The predicted octanol–water partition coefficient (Wildman–Crippen LogP) is 2.56. The molecule has 1 aromatic rings. The molecule has 1 aromatic heterocycles. The Morgan fingerprint density at radius 3 is 2.85 bits per heavy atom. The van der Waals surface area contributed by atoms with Crippen molar-refractivity contribution in [2.75, 3.05) is 25.0 Å². The van der Waals surface area contributed by atoms with Crippen LogP contribution in [0.4, 0.5) is 5.82 Å². The van der Waals surface area contributed by atoms with E-state index in [1.165, 1.54) is 12.8 Å². The minimum Gasteiger partial charge on any atom is -0.369 e. The van der Waals surface area contributed by atoms with Crippen molar-refractivity contribution >= 4 is 11.7 Å². The van der Waals surface area contributed by atoms with Crippen molar-refractivity contribution in [2.45, 2.75) is 39.5 Å². The monoisotopic (exact) mass is 276 g/mol. The lowest BCUT2D eigenvalue weighted by atomic mass is 10.0. The van der Waals surface area contributed by atoms with Gasteiger partial charge in [0, 0.05) is 19.6 Å². The van der Waals surface area contributed by atoms with Crippen molar-refractivity contribution < 1.29 is 4.79 Å². The molecule has 1 aliphatic heterocycles. The van der Waals surface area contributed by atoms with Crippen LogP contribution in [0.3, 0.4) is 0 Å². The zero-order valence-corrected chi connectivity index (χ0v) is 12.4. The molecule has 1 amide bonds. The summed E-state index contributed by atoms with van der Waals surface area (Å²) in [4.78, 5) is 22.7. The van der Waals surface area contributed by atoms with Gasteiger partial charge < -0.3 is 10.2 Å².